The topological polar surface area (TPSA) is 42.0 Å². The zero-order chi connectivity index (χ0) is 22.0. The first-order valence-corrected chi connectivity index (χ1v) is 9.94. The van der Waals surface area contributed by atoms with Crippen LogP contribution in [0.2, 0.25) is 0 Å². The Morgan fingerprint density at radius 3 is 2.06 bits per heavy atom. The summed E-state index contributed by atoms with van der Waals surface area (Å²) in [5.41, 5.74) is 1.13. The Balaban J connectivity index is 1.73. The summed E-state index contributed by atoms with van der Waals surface area (Å²) < 4.78 is 51.9. The van der Waals surface area contributed by atoms with Crippen LogP contribution in [-0.4, -0.2) is 10.9 Å². The second-order valence-corrected chi connectivity index (χ2v) is 7.60. The maximum Gasteiger partial charge on any atom is 0.416 e. The van der Waals surface area contributed by atoms with Crippen molar-refractivity contribution in [1.82, 2.24) is 4.98 Å². The summed E-state index contributed by atoms with van der Waals surface area (Å²) in [5.74, 6) is -0.775. The molecule has 0 spiro atoms. The summed E-state index contributed by atoms with van der Waals surface area (Å²) in [4.78, 5) is 17.2. The van der Waals surface area contributed by atoms with Gasteiger partial charge in [-0.3, -0.25) is 4.79 Å². The van der Waals surface area contributed by atoms with Crippen LogP contribution >= 0.6 is 11.3 Å². The van der Waals surface area contributed by atoms with Crippen molar-refractivity contribution >= 4 is 22.2 Å². The number of rotatable bonds is 4. The minimum Gasteiger partial charge on any atom is -0.312 e. The lowest BCUT2D eigenvalue weighted by molar-refractivity contribution is -0.137. The van der Waals surface area contributed by atoms with Crippen molar-refractivity contribution in [3.8, 4) is 21.8 Å². The molecule has 156 valence electrons. The third kappa shape index (κ3) is 4.64. The molecular weight excluding hydrogens is 428 g/mol. The number of carbonyl (C=O) groups excluding carboxylic acids is 1. The Bertz CT molecular complexity index is 1200. The molecule has 3 nitrogen and oxygen atoms in total. The van der Waals surface area contributed by atoms with Crippen molar-refractivity contribution in [2.75, 3.05) is 5.32 Å². The highest BCUT2D eigenvalue weighted by Gasteiger charge is 2.30. The Kier molecular flexibility index (Phi) is 5.56. The van der Waals surface area contributed by atoms with Gasteiger partial charge in [-0.15, -0.1) is 0 Å². The van der Waals surface area contributed by atoms with Gasteiger partial charge >= 0.3 is 6.18 Å². The van der Waals surface area contributed by atoms with E-state index in [1.807, 2.05) is 0 Å². The highest BCUT2D eigenvalue weighted by molar-refractivity contribution is 7.19. The monoisotopic (exact) mass is 442 g/mol. The van der Waals surface area contributed by atoms with Gasteiger partial charge in [0.25, 0.3) is 5.91 Å². The molecule has 8 heteroatoms. The van der Waals surface area contributed by atoms with Crippen LogP contribution in [0.15, 0.2) is 78.9 Å². The number of benzene rings is 3. The van der Waals surface area contributed by atoms with Gasteiger partial charge < -0.3 is 5.32 Å². The molecule has 0 atom stereocenters. The van der Waals surface area contributed by atoms with E-state index in [4.69, 9.17) is 0 Å². The number of anilines is 1. The van der Waals surface area contributed by atoms with E-state index < -0.39 is 17.6 Å². The van der Waals surface area contributed by atoms with Crippen molar-refractivity contribution in [1.29, 1.82) is 0 Å². The molecule has 4 rings (SSSR count). The van der Waals surface area contributed by atoms with Crippen molar-refractivity contribution in [2.24, 2.45) is 0 Å². The smallest absolute Gasteiger partial charge is 0.312 e. The fraction of sp³-hybridized carbons (Fsp3) is 0.0435. The number of amides is 1. The van der Waals surface area contributed by atoms with E-state index >= 15 is 0 Å². The lowest BCUT2D eigenvalue weighted by Crippen LogP contribution is -2.11. The molecule has 1 aromatic heterocycles. The van der Waals surface area contributed by atoms with Gasteiger partial charge in [0.15, 0.2) is 0 Å². The van der Waals surface area contributed by atoms with E-state index in [9.17, 15) is 22.4 Å². The zero-order valence-electron chi connectivity index (χ0n) is 15.8. The summed E-state index contributed by atoms with van der Waals surface area (Å²) in [6.07, 6.45) is -4.44. The molecule has 1 amide bonds. The highest BCUT2D eigenvalue weighted by atomic mass is 32.1. The SMILES string of the molecule is O=C(Nc1sc(-c2ccc(C(F)(F)F)cc2)nc1-c1ccc(F)cc1)c1ccccc1. The Labute approximate surface area is 179 Å². The van der Waals surface area contributed by atoms with E-state index in [2.05, 4.69) is 10.3 Å². The van der Waals surface area contributed by atoms with Crippen LogP contribution in [-0.2, 0) is 6.18 Å². The number of alkyl halides is 3. The number of hydrogen-bond donors (Lipinski definition) is 1. The van der Waals surface area contributed by atoms with Crippen molar-refractivity contribution in [3.63, 3.8) is 0 Å². The third-order valence-corrected chi connectivity index (χ3v) is 5.49. The van der Waals surface area contributed by atoms with Crippen LogP contribution in [0.25, 0.3) is 21.8 Å². The summed E-state index contributed by atoms with van der Waals surface area (Å²) in [6.45, 7) is 0. The van der Waals surface area contributed by atoms with Crippen LogP contribution in [0.4, 0.5) is 22.6 Å². The summed E-state index contributed by atoms with van der Waals surface area (Å²) >= 11 is 1.13. The minimum absolute atomic E-state index is 0.355. The molecule has 0 aliphatic carbocycles. The van der Waals surface area contributed by atoms with Gasteiger partial charge in [-0.1, -0.05) is 41.7 Å². The van der Waals surface area contributed by atoms with Gasteiger partial charge in [0, 0.05) is 16.7 Å². The summed E-state index contributed by atoms with van der Waals surface area (Å²) in [7, 11) is 0. The molecule has 4 aromatic rings. The van der Waals surface area contributed by atoms with Gasteiger partial charge in [-0.2, -0.15) is 13.2 Å². The highest BCUT2D eigenvalue weighted by Crippen LogP contribution is 2.39. The standard InChI is InChI=1S/C23H14F4N2OS/c24-18-12-8-14(9-13-18)19-22(29-20(30)15-4-2-1-3-5-15)31-21(28-19)16-6-10-17(11-7-16)23(25,26)27/h1-13H,(H,29,30). The van der Waals surface area contributed by atoms with Crippen LogP contribution in [0.5, 0.6) is 0 Å². The van der Waals surface area contributed by atoms with Gasteiger partial charge in [0.2, 0.25) is 0 Å². The van der Waals surface area contributed by atoms with Gasteiger partial charge in [0.1, 0.15) is 21.5 Å². The molecule has 31 heavy (non-hydrogen) atoms. The number of aromatic nitrogens is 1. The van der Waals surface area contributed by atoms with Gasteiger partial charge in [-0.05, 0) is 48.5 Å². The quantitative estimate of drug-likeness (QED) is 0.350. The van der Waals surface area contributed by atoms with Crippen molar-refractivity contribution in [2.45, 2.75) is 6.18 Å². The molecule has 1 heterocycles. The van der Waals surface area contributed by atoms with E-state index in [0.29, 0.717) is 32.4 Å². The average Bonchev–Trinajstić information content (AvgIpc) is 3.18. The van der Waals surface area contributed by atoms with E-state index in [1.54, 1.807) is 30.3 Å². The first kappa shape index (κ1) is 20.7. The van der Waals surface area contributed by atoms with Gasteiger partial charge in [0.05, 0.1) is 5.56 Å². The van der Waals surface area contributed by atoms with Crippen LogP contribution in [0.3, 0.4) is 0 Å². The molecule has 0 bridgehead atoms. The molecule has 0 saturated carbocycles. The largest absolute Gasteiger partial charge is 0.416 e. The van der Waals surface area contributed by atoms with Crippen LogP contribution in [0, 0.1) is 5.82 Å². The number of nitrogens with zero attached hydrogens (tertiary/aromatic N) is 1. The number of carbonyl (C=O) groups is 1. The Hall–Kier alpha value is -3.52. The number of thiazole rings is 1. The maximum absolute atomic E-state index is 13.4. The Morgan fingerprint density at radius 1 is 0.839 bits per heavy atom. The summed E-state index contributed by atoms with van der Waals surface area (Å²) in [6, 6.07) is 18.8. The minimum atomic E-state index is -4.44. The van der Waals surface area contributed by atoms with Gasteiger partial charge in [-0.25, -0.2) is 9.37 Å². The first-order chi connectivity index (χ1) is 14.8. The van der Waals surface area contributed by atoms with E-state index in [-0.39, 0.29) is 5.91 Å². The van der Waals surface area contributed by atoms with Crippen molar-refractivity contribution < 1.29 is 22.4 Å². The predicted molar refractivity (Wildman–Crippen MR) is 112 cm³/mol. The molecule has 1 N–H and O–H groups in total. The average molecular weight is 442 g/mol. The number of halogens is 4. The lowest BCUT2D eigenvalue weighted by atomic mass is 10.1. The summed E-state index contributed by atoms with van der Waals surface area (Å²) in [5, 5.41) is 3.65. The van der Waals surface area contributed by atoms with E-state index in [1.165, 1.54) is 36.4 Å². The second kappa shape index (κ2) is 8.31. The third-order valence-electron chi connectivity index (χ3n) is 4.47. The fourth-order valence-electron chi connectivity index (χ4n) is 2.90. The first-order valence-electron chi connectivity index (χ1n) is 9.12. The normalized spacial score (nSPS) is 11.4. The second-order valence-electron chi connectivity index (χ2n) is 6.60. The zero-order valence-corrected chi connectivity index (χ0v) is 16.6. The molecule has 0 fully saturated rings. The Morgan fingerprint density at radius 2 is 1.45 bits per heavy atom. The molecule has 0 saturated heterocycles. The fourth-order valence-corrected chi connectivity index (χ4v) is 3.89. The van der Waals surface area contributed by atoms with E-state index in [0.717, 1.165) is 23.5 Å². The molecule has 3 aromatic carbocycles. The molecule has 0 aliphatic rings. The molecule has 0 unspecified atom stereocenters. The van der Waals surface area contributed by atoms with Crippen LogP contribution < -0.4 is 5.32 Å². The number of hydrogen-bond acceptors (Lipinski definition) is 3. The molecular formula is C23H14F4N2OS. The van der Waals surface area contributed by atoms with Crippen LogP contribution in [0.1, 0.15) is 15.9 Å². The predicted octanol–water partition coefficient (Wildman–Crippen LogP) is 6.89. The molecule has 0 aliphatic heterocycles. The molecule has 0 radical (unpaired) electrons. The maximum atomic E-state index is 13.4. The lowest BCUT2D eigenvalue weighted by Gasteiger charge is -2.06. The van der Waals surface area contributed by atoms with Crippen molar-refractivity contribution in [3.05, 3.63) is 95.8 Å². The number of nitrogens with one attached hydrogen (secondary N) is 1.